The molecule has 0 aliphatic heterocycles. The minimum absolute atomic E-state index is 0.0394. The number of nitrogens with zero attached hydrogens (tertiary/aromatic N) is 2. The third-order valence-corrected chi connectivity index (χ3v) is 3.28. The smallest absolute Gasteiger partial charge is 0.0954 e. The van der Waals surface area contributed by atoms with Crippen molar-refractivity contribution in [1.82, 2.24) is 9.55 Å². The summed E-state index contributed by atoms with van der Waals surface area (Å²) in [5, 5.41) is 0.768. The highest BCUT2D eigenvalue weighted by Crippen LogP contribution is 2.27. The molecule has 4 heteroatoms. The normalized spacial score (nSPS) is 14.6. The zero-order valence-electron chi connectivity index (χ0n) is 9.97. The Morgan fingerprint density at radius 1 is 1.29 bits per heavy atom. The maximum Gasteiger partial charge on any atom is 0.0954 e. The van der Waals surface area contributed by atoms with Gasteiger partial charge >= 0.3 is 0 Å². The fourth-order valence-corrected chi connectivity index (χ4v) is 2.25. The van der Waals surface area contributed by atoms with Crippen LogP contribution in [-0.2, 0) is 0 Å². The molecule has 0 saturated heterocycles. The van der Waals surface area contributed by atoms with E-state index in [0.29, 0.717) is 0 Å². The summed E-state index contributed by atoms with van der Waals surface area (Å²) < 4.78 is 2.06. The summed E-state index contributed by atoms with van der Waals surface area (Å²) in [5.41, 5.74) is 8.01. The molecule has 3 nitrogen and oxygen atoms in total. The van der Waals surface area contributed by atoms with Gasteiger partial charge in [-0.3, -0.25) is 0 Å². The second kappa shape index (κ2) is 4.90. The van der Waals surface area contributed by atoms with Crippen LogP contribution in [0.4, 0.5) is 0 Å². The van der Waals surface area contributed by atoms with E-state index in [1.54, 1.807) is 12.5 Å². The van der Waals surface area contributed by atoms with Gasteiger partial charge in [0.05, 0.1) is 18.1 Å². The van der Waals surface area contributed by atoms with Gasteiger partial charge in [0.25, 0.3) is 0 Å². The number of rotatable bonds is 3. The van der Waals surface area contributed by atoms with Crippen molar-refractivity contribution >= 4 is 11.6 Å². The first kappa shape index (κ1) is 12.1. The monoisotopic (exact) mass is 249 g/mol. The molecule has 0 amide bonds. The summed E-state index contributed by atoms with van der Waals surface area (Å²) in [5.74, 6) is 0. The average molecular weight is 250 g/mol. The molecule has 0 fully saturated rings. The third-order valence-electron chi connectivity index (χ3n) is 2.94. The molecule has 2 atom stereocenters. The first-order chi connectivity index (χ1) is 8.11. The average Bonchev–Trinajstić information content (AvgIpc) is 2.77. The minimum Gasteiger partial charge on any atom is -0.326 e. The number of hydrogen-bond acceptors (Lipinski definition) is 2. The van der Waals surface area contributed by atoms with E-state index in [4.69, 9.17) is 17.3 Å². The summed E-state index contributed by atoms with van der Waals surface area (Å²) in [4.78, 5) is 4.16. The number of halogens is 1. The van der Waals surface area contributed by atoms with Crippen LogP contribution in [0.5, 0.6) is 0 Å². The van der Waals surface area contributed by atoms with Crippen molar-refractivity contribution in [2.45, 2.75) is 25.9 Å². The van der Waals surface area contributed by atoms with Gasteiger partial charge in [0.1, 0.15) is 0 Å². The Morgan fingerprint density at radius 3 is 2.65 bits per heavy atom. The Kier molecular flexibility index (Phi) is 3.50. The molecule has 2 rings (SSSR count). The van der Waals surface area contributed by atoms with Crippen molar-refractivity contribution in [1.29, 1.82) is 0 Å². The summed E-state index contributed by atoms with van der Waals surface area (Å²) in [6.45, 7) is 4.04. The molecule has 1 aromatic carbocycles. The first-order valence-electron chi connectivity index (χ1n) is 5.63. The van der Waals surface area contributed by atoms with Crippen LogP contribution in [0.1, 0.15) is 37.2 Å². The molecule has 0 aliphatic carbocycles. The van der Waals surface area contributed by atoms with Gasteiger partial charge in [0.2, 0.25) is 0 Å². The quantitative estimate of drug-likeness (QED) is 0.908. The highest BCUT2D eigenvalue weighted by molar-refractivity contribution is 6.31. The summed E-state index contributed by atoms with van der Waals surface area (Å²) in [7, 11) is 0. The Labute approximate surface area is 106 Å². The van der Waals surface area contributed by atoms with Crippen molar-refractivity contribution in [2.24, 2.45) is 5.73 Å². The van der Waals surface area contributed by atoms with E-state index in [0.717, 1.165) is 16.3 Å². The van der Waals surface area contributed by atoms with Crippen LogP contribution in [0.25, 0.3) is 0 Å². The molecule has 2 aromatic rings. The zero-order valence-corrected chi connectivity index (χ0v) is 10.7. The third kappa shape index (κ3) is 2.35. The maximum absolute atomic E-state index is 6.20. The summed E-state index contributed by atoms with van der Waals surface area (Å²) in [6.07, 6.45) is 3.60. The van der Waals surface area contributed by atoms with E-state index in [1.807, 2.05) is 31.2 Å². The lowest BCUT2D eigenvalue weighted by molar-refractivity contribution is 0.582. The largest absolute Gasteiger partial charge is 0.326 e. The van der Waals surface area contributed by atoms with E-state index < -0.39 is 0 Å². The predicted molar refractivity (Wildman–Crippen MR) is 70.1 cm³/mol. The number of nitrogens with two attached hydrogens (primary N) is 1. The minimum atomic E-state index is -0.0394. The Hall–Kier alpha value is -1.32. The van der Waals surface area contributed by atoms with Crippen LogP contribution < -0.4 is 5.73 Å². The second-order valence-corrected chi connectivity index (χ2v) is 4.62. The number of benzene rings is 1. The molecule has 90 valence electrons. The fraction of sp³-hybridized carbons (Fsp3) is 0.308. The molecule has 0 aliphatic rings. The molecule has 0 radical (unpaired) electrons. The van der Waals surface area contributed by atoms with Gasteiger partial charge in [-0.1, -0.05) is 29.8 Å². The SMILES string of the molecule is CC(c1ccccc1Cl)n1cncc1[C@@H](C)N. The standard InChI is InChI=1S/C13H16ClN3/c1-9(15)13-7-16-8-17(13)10(2)11-5-3-4-6-12(11)14/h3-10H,15H2,1-2H3/t9-,10?/m1/s1. The van der Waals surface area contributed by atoms with Gasteiger partial charge in [-0.2, -0.15) is 0 Å². The second-order valence-electron chi connectivity index (χ2n) is 4.21. The van der Waals surface area contributed by atoms with E-state index in [1.165, 1.54) is 0 Å². The molecule has 0 saturated carbocycles. The van der Waals surface area contributed by atoms with Crippen LogP contribution in [-0.4, -0.2) is 9.55 Å². The van der Waals surface area contributed by atoms with Gasteiger partial charge in [-0.15, -0.1) is 0 Å². The van der Waals surface area contributed by atoms with Crippen molar-refractivity contribution in [3.63, 3.8) is 0 Å². The van der Waals surface area contributed by atoms with Gasteiger partial charge in [0, 0.05) is 17.3 Å². The lowest BCUT2D eigenvalue weighted by Crippen LogP contribution is -2.15. The Morgan fingerprint density at radius 2 is 2.00 bits per heavy atom. The Balaban J connectivity index is 2.41. The fourth-order valence-electron chi connectivity index (χ4n) is 1.95. The Bertz CT molecular complexity index is 505. The number of hydrogen-bond donors (Lipinski definition) is 1. The topological polar surface area (TPSA) is 43.8 Å². The molecule has 1 heterocycles. The zero-order chi connectivity index (χ0) is 12.4. The van der Waals surface area contributed by atoms with Gasteiger partial charge in [-0.05, 0) is 25.5 Å². The van der Waals surface area contributed by atoms with E-state index in [-0.39, 0.29) is 12.1 Å². The predicted octanol–water partition coefficient (Wildman–Crippen LogP) is 3.17. The van der Waals surface area contributed by atoms with Crippen molar-refractivity contribution in [3.05, 3.63) is 53.1 Å². The van der Waals surface area contributed by atoms with Crippen molar-refractivity contribution < 1.29 is 0 Å². The first-order valence-corrected chi connectivity index (χ1v) is 6.00. The highest BCUT2D eigenvalue weighted by Gasteiger charge is 2.15. The summed E-state index contributed by atoms with van der Waals surface area (Å²) >= 11 is 6.20. The van der Waals surface area contributed by atoms with E-state index in [2.05, 4.69) is 16.5 Å². The molecular weight excluding hydrogens is 234 g/mol. The number of aromatic nitrogens is 2. The van der Waals surface area contributed by atoms with Crippen molar-refractivity contribution in [3.8, 4) is 0 Å². The number of imidazole rings is 1. The van der Waals surface area contributed by atoms with Crippen LogP contribution in [0.2, 0.25) is 5.02 Å². The van der Waals surface area contributed by atoms with Crippen LogP contribution in [0.15, 0.2) is 36.8 Å². The molecule has 2 N–H and O–H groups in total. The molecule has 0 spiro atoms. The van der Waals surface area contributed by atoms with Crippen molar-refractivity contribution in [2.75, 3.05) is 0 Å². The maximum atomic E-state index is 6.20. The van der Waals surface area contributed by atoms with Gasteiger partial charge in [0.15, 0.2) is 0 Å². The van der Waals surface area contributed by atoms with E-state index >= 15 is 0 Å². The van der Waals surface area contributed by atoms with Gasteiger partial charge < -0.3 is 10.3 Å². The lowest BCUT2D eigenvalue weighted by atomic mass is 10.1. The molecule has 17 heavy (non-hydrogen) atoms. The van der Waals surface area contributed by atoms with Crippen LogP contribution in [0.3, 0.4) is 0 Å². The van der Waals surface area contributed by atoms with Crippen LogP contribution >= 0.6 is 11.6 Å². The summed E-state index contributed by atoms with van der Waals surface area (Å²) in [6, 6.07) is 7.93. The van der Waals surface area contributed by atoms with E-state index in [9.17, 15) is 0 Å². The molecule has 1 unspecified atom stereocenters. The van der Waals surface area contributed by atoms with Crippen LogP contribution in [0, 0.1) is 0 Å². The lowest BCUT2D eigenvalue weighted by Gasteiger charge is -2.19. The molecule has 0 bridgehead atoms. The van der Waals surface area contributed by atoms with Gasteiger partial charge in [-0.25, -0.2) is 4.98 Å². The molecule has 1 aromatic heterocycles. The highest BCUT2D eigenvalue weighted by atomic mass is 35.5. The molecular formula is C13H16ClN3.